The van der Waals surface area contributed by atoms with E-state index in [0.29, 0.717) is 6.04 Å². The minimum atomic E-state index is 0.567. The van der Waals surface area contributed by atoms with E-state index < -0.39 is 0 Å². The second kappa shape index (κ2) is 6.48. The quantitative estimate of drug-likeness (QED) is 0.895. The maximum atomic E-state index is 4.42. The Labute approximate surface area is 119 Å². The van der Waals surface area contributed by atoms with Crippen LogP contribution < -0.4 is 10.6 Å². The summed E-state index contributed by atoms with van der Waals surface area (Å²) in [5.41, 5.74) is 2.03. The summed E-state index contributed by atoms with van der Waals surface area (Å²) in [6, 6.07) is 10.6. The monoisotopic (exact) mass is 268 g/mol. The fourth-order valence-electron chi connectivity index (χ4n) is 2.49. The third-order valence-electron chi connectivity index (χ3n) is 3.65. The molecule has 0 spiro atoms. The summed E-state index contributed by atoms with van der Waals surface area (Å²) in [7, 11) is 0. The molecule has 1 aliphatic heterocycles. The van der Waals surface area contributed by atoms with E-state index in [-0.39, 0.29) is 0 Å². The number of anilines is 1. The van der Waals surface area contributed by atoms with E-state index in [0.717, 1.165) is 30.2 Å². The molecule has 0 bridgehead atoms. The van der Waals surface area contributed by atoms with Crippen molar-refractivity contribution in [3.8, 4) is 11.4 Å². The Morgan fingerprint density at radius 2 is 1.90 bits per heavy atom. The highest BCUT2D eigenvalue weighted by Crippen LogP contribution is 2.15. The van der Waals surface area contributed by atoms with Gasteiger partial charge in [0, 0.05) is 18.2 Å². The highest BCUT2D eigenvalue weighted by Gasteiger charge is 2.11. The Morgan fingerprint density at radius 1 is 1.10 bits per heavy atom. The number of aromatic nitrogens is 2. The smallest absolute Gasteiger partial charge is 0.159 e. The second-order valence-electron chi connectivity index (χ2n) is 5.19. The van der Waals surface area contributed by atoms with Gasteiger partial charge in [-0.15, -0.1) is 0 Å². The molecule has 104 valence electrons. The van der Waals surface area contributed by atoms with Gasteiger partial charge in [0.15, 0.2) is 5.82 Å². The molecule has 3 rings (SSSR count). The standard InChI is InChI=1S/C16H20N4/c1-2-6-13(7-3-1)16-19-11-15(12-20-16)18-10-14-8-4-5-9-17-14/h1-3,6-7,11-12,14,17-18H,4-5,8-10H2. The number of benzene rings is 1. The van der Waals surface area contributed by atoms with Crippen LogP contribution in [0.4, 0.5) is 5.69 Å². The average molecular weight is 268 g/mol. The van der Waals surface area contributed by atoms with Crippen molar-refractivity contribution in [2.24, 2.45) is 0 Å². The molecule has 1 unspecified atom stereocenters. The first-order chi connectivity index (χ1) is 9.92. The average Bonchev–Trinajstić information content (AvgIpc) is 2.55. The summed E-state index contributed by atoms with van der Waals surface area (Å²) in [6.45, 7) is 2.07. The van der Waals surface area contributed by atoms with Crippen molar-refractivity contribution < 1.29 is 0 Å². The van der Waals surface area contributed by atoms with Crippen molar-refractivity contribution in [1.82, 2.24) is 15.3 Å². The number of nitrogens with one attached hydrogen (secondary N) is 2. The Hall–Kier alpha value is -1.94. The zero-order valence-corrected chi connectivity index (χ0v) is 11.5. The van der Waals surface area contributed by atoms with Crippen LogP contribution in [0, 0.1) is 0 Å². The van der Waals surface area contributed by atoms with Gasteiger partial charge in [0.1, 0.15) is 0 Å². The van der Waals surface area contributed by atoms with Crippen molar-refractivity contribution in [2.45, 2.75) is 25.3 Å². The van der Waals surface area contributed by atoms with Crippen LogP contribution in [-0.4, -0.2) is 29.1 Å². The van der Waals surface area contributed by atoms with Crippen molar-refractivity contribution >= 4 is 5.69 Å². The molecule has 2 aromatic rings. The van der Waals surface area contributed by atoms with Gasteiger partial charge in [-0.3, -0.25) is 0 Å². The zero-order chi connectivity index (χ0) is 13.6. The predicted molar refractivity (Wildman–Crippen MR) is 81.6 cm³/mol. The van der Waals surface area contributed by atoms with E-state index in [1.807, 2.05) is 42.7 Å². The summed E-state index contributed by atoms with van der Waals surface area (Å²) in [5, 5.41) is 6.93. The summed E-state index contributed by atoms with van der Waals surface area (Å²) in [6.07, 6.45) is 7.58. The number of nitrogens with zero attached hydrogens (tertiary/aromatic N) is 2. The minimum Gasteiger partial charge on any atom is -0.381 e. The molecule has 2 heterocycles. The molecule has 1 fully saturated rings. The van der Waals surface area contributed by atoms with Gasteiger partial charge in [-0.1, -0.05) is 36.8 Å². The Kier molecular flexibility index (Phi) is 4.23. The third-order valence-corrected chi connectivity index (χ3v) is 3.65. The van der Waals surface area contributed by atoms with Gasteiger partial charge in [0.25, 0.3) is 0 Å². The van der Waals surface area contributed by atoms with E-state index in [1.165, 1.54) is 19.3 Å². The van der Waals surface area contributed by atoms with Crippen LogP contribution in [0.3, 0.4) is 0 Å². The van der Waals surface area contributed by atoms with Crippen LogP contribution in [0.25, 0.3) is 11.4 Å². The normalized spacial score (nSPS) is 18.7. The van der Waals surface area contributed by atoms with Gasteiger partial charge >= 0.3 is 0 Å². The number of piperidine rings is 1. The summed E-state index contributed by atoms with van der Waals surface area (Å²) < 4.78 is 0. The molecule has 4 heteroatoms. The van der Waals surface area contributed by atoms with Gasteiger partial charge < -0.3 is 10.6 Å². The Morgan fingerprint density at radius 3 is 2.60 bits per heavy atom. The van der Waals surface area contributed by atoms with Gasteiger partial charge in [0.2, 0.25) is 0 Å². The van der Waals surface area contributed by atoms with Crippen molar-refractivity contribution in [1.29, 1.82) is 0 Å². The fraction of sp³-hybridized carbons (Fsp3) is 0.375. The lowest BCUT2D eigenvalue weighted by Gasteiger charge is -2.23. The molecule has 1 saturated heterocycles. The largest absolute Gasteiger partial charge is 0.381 e. The number of hydrogen-bond donors (Lipinski definition) is 2. The topological polar surface area (TPSA) is 49.8 Å². The summed E-state index contributed by atoms with van der Waals surface area (Å²) >= 11 is 0. The minimum absolute atomic E-state index is 0.567. The second-order valence-corrected chi connectivity index (χ2v) is 5.19. The van der Waals surface area contributed by atoms with E-state index in [2.05, 4.69) is 20.6 Å². The Balaban J connectivity index is 1.58. The lowest BCUT2D eigenvalue weighted by atomic mass is 10.1. The van der Waals surface area contributed by atoms with Crippen LogP contribution in [0.1, 0.15) is 19.3 Å². The molecule has 0 aliphatic carbocycles. The van der Waals surface area contributed by atoms with Crippen molar-refractivity contribution in [3.05, 3.63) is 42.7 Å². The molecule has 1 aromatic carbocycles. The number of rotatable bonds is 4. The molecular weight excluding hydrogens is 248 g/mol. The van der Waals surface area contributed by atoms with Gasteiger partial charge in [-0.25, -0.2) is 9.97 Å². The molecule has 0 radical (unpaired) electrons. The summed E-state index contributed by atoms with van der Waals surface area (Å²) in [4.78, 5) is 8.84. The lowest BCUT2D eigenvalue weighted by molar-refractivity contribution is 0.414. The molecule has 0 saturated carbocycles. The first-order valence-corrected chi connectivity index (χ1v) is 7.26. The molecule has 1 aromatic heterocycles. The SMILES string of the molecule is c1ccc(-c2ncc(NCC3CCCCN3)cn2)cc1. The number of hydrogen-bond acceptors (Lipinski definition) is 4. The van der Waals surface area contributed by atoms with Crippen LogP contribution in [-0.2, 0) is 0 Å². The van der Waals surface area contributed by atoms with Crippen molar-refractivity contribution in [3.63, 3.8) is 0 Å². The maximum absolute atomic E-state index is 4.42. The highest BCUT2D eigenvalue weighted by molar-refractivity contribution is 5.55. The van der Waals surface area contributed by atoms with Gasteiger partial charge in [-0.2, -0.15) is 0 Å². The maximum Gasteiger partial charge on any atom is 0.159 e. The first kappa shape index (κ1) is 13.1. The molecule has 4 nitrogen and oxygen atoms in total. The van der Waals surface area contributed by atoms with Crippen LogP contribution in [0.5, 0.6) is 0 Å². The van der Waals surface area contributed by atoms with E-state index >= 15 is 0 Å². The van der Waals surface area contributed by atoms with E-state index in [9.17, 15) is 0 Å². The predicted octanol–water partition coefficient (Wildman–Crippen LogP) is 2.70. The molecule has 1 atom stereocenters. The zero-order valence-electron chi connectivity index (χ0n) is 11.5. The Bertz CT molecular complexity index is 518. The molecule has 2 N–H and O–H groups in total. The van der Waals surface area contributed by atoms with Crippen LogP contribution in [0.2, 0.25) is 0 Å². The lowest BCUT2D eigenvalue weighted by Crippen LogP contribution is -2.39. The molecular formula is C16H20N4. The third kappa shape index (κ3) is 3.33. The van der Waals surface area contributed by atoms with E-state index in [1.54, 1.807) is 0 Å². The van der Waals surface area contributed by atoms with Crippen LogP contribution >= 0.6 is 0 Å². The fourth-order valence-corrected chi connectivity index (χ4v) is 2.49. The van der Waals surface area contributed by atoms with Crippen molar-refractivity contribution in [2.75, 3.05) is 18.4 Å². The van der Waals surface area contributed by atoms with E-state index in [4.69, 9.17) is 0 Å². The molecule has 0 amide bonds. The highest BCUT2D eigenvalue weighted by atomic mass is 15.0. The van der Waals surface area contributed by atoms with Gasteiger partial charge in [-0.05, 0) is 19.4 Å². The van der Waals surface area contributed by atoms with Gasteiger partial charge in [0.05, 0.1) is 18.1 Å². The molecule has 20 heavy (non-hydrogen) atoms. The van der Waals surface area contributed by atoms with Crippen LogP contribution in [0.15, 0.2) is 42.7 Å². The molecule has 1 aliphatic rings. The first-order valence-electron chi connectivity index (χ1n) is 7.26. The summed E-state index contributed by atoms with van der Waals surface area (Å²) in [5.74, 6) is 0.770.